The van der Waals surface area contributed by atoms with Crippen LogP contribution in [-0.2, 0) is 19.6 Å². The molecular weight excluding hydrogens is 406 g/mol. The van der Waals surface area contributed by atoms with E-state index in [1.54, 1.807) is 50.5 Å². The topological polar surface area (TPSA) is 96.0 Å². The van der Waals surface area contributed by atoms with Gasteiger partial charge in [-0.3, -0.25) is 9.59 Å². The number of ether oxygens (including phenoxy) is 1. The van der Waals surface area contributed by atoms with Gasteiger partial charge in [-0.1, -0.05) is 6.07 Å². The molecule has 0 radical (unpaired) electrons. The van der Waals surface area contributed by atoms with Crippen LogP contribution in [0.2, 0.25) is 0 Å². The number of likely N-dealkylation sites (N-methyl/N-ethyl adjacent to an activating group) is 2. The van der Waals surface area contributed by atoms with E-state index in [0.29, 0.717) is 11.4 Å². The van der Waals surface area contributed by atoms with E-state index in [1.165, 1.54) is 18.0 Å². The highest BCUT2D eigenvalue weighted by Gasteiger charge is 2.23. The number of hydrogen-bond donors (Lipinski definition) is 1. The van der Waals surface area contributed by atoms with Gasteiger partial charge in [0, 0.05) is 26.8 Å². The smallest absolute Gasteiger partial charge is 0.259 e. The highest BCUT2D eigenvalue weighted by molar-refractivity contribution is 7.89. The van der Waals surface area contributed by atoms with Gasteiger partial charge >= 0.3 is 0 Å². The third-order valence-corrected chi connectivity index (χ3v) is 6.35. The Labute approximate surface area is 177 Å². The number of nitrogens with zero attached hydrogens (tertiary/aromatic N) is 2. The van der Waals surface area contributed by atoms with Crippen LogP contribution in [0, 0.1) is 13.8 Å². The molecule has 0 aliphatic heterocycles. The molecule has 0 saturated heterocycles. The molecule has 0 saturated carbocycles. The molecule has 0 aliphatic carbocycles. The Morgan fingerprint density at radius 2 is 1.60 bits per heavy atom. The summed E-state index contributed by atoms with van der Waals surface area (Å²) in [6.07, 6.45) is 0. The highest BCUT2D eigenvalue weighted by Crippen LogP contribution is 2.19. The summed E-state index contributed by atoms with van der Waals surface area (Å²) in [5.41, 5.74) is 2.35. The van der Waals surface area contributed by atoms with Crippen molar-refractivity contribution in [2.45, 2.75) is 18.7 Å². The van der Waals surface area contributed by atoms with Crippen molar-refractivity contribution in [3.63, 3.8) is 0 Å². The second-order valence-electron chi connectivity index (χ2n) is 7.16. The van der Waals surface area contributed by atoms with Crippen LogP contribution >= 0.6 is 0 Å². The molecule has 0 atom stereocenters. The molecule has 2 amide bonds. The van der Waals surface area contributed by atoms with Crippen molar-refractivity contribution in [1.82, 2.24) is 9.21 Å². The molecule has 2 aromatic rings. The molecule has 0 bridgehead atoms. The van der Waals surface area contributed by atoms with Crippen LogP contribution in [0.5, 0.6) is 5.75 Å². The van der Waals surface area contributed by atoms with E-state index in [0.717, 1.165) is 15.4 Å². The van der Waals surface area contributed by atoms with Crippen LogP contribution in [0.25, 0.3) is 0 Å². The normalized spacial score (nSPS) is 11.3. The maximum atomic E-state index is 12.7. The second kappa shape index (κ2) is 9.73. The van der Waals surface area contributed by atoms with E-state index in [9.17, 15) is 18.0 Å². The van der Waals surface area contributed by atoms with Gasteiger partial charge in [0.1, 0.15) is 5.75 Å². The Kier molecular flexibility index (Phi) is 7.58. The lowest BCUT2D eigenvalue weighted by molar-refractivity contribution is -0.130. The van der Waals surface area contributed by atoms with Gasteiger partial charge in [0.2, 0.25) is 15.9 Å². The molecule has 1 N–H and O–H groups in total. The Morgan fingerprint density at radius 1 is 0.967 bits per heavy atom. The van der Waals surface area contributed by atoms with E-state index in [2.05, 4.69) is 5.32 Å². The van der Waals surface area contributed by atoms with E-state index < -0.39 is 15.9 Å². The van der Waals surface area contributed by atoms with Gasteiger partial charge in [-0.15, -0.1) is 0 Å². The van der Waals surface area contributed by atoms with Gasteiger partial charge in [0.25, 0.3) is 5.91 Å². The first kappa shape index (κ1) is 23.4. The van der Waals surface area contributed by atoms with E-state index in [1.807, 2.05) is 13.8 Å². The first-order valence-corrected chi connectivity index (χ1v) is 10.7. The van der Waals surface area contributed by atoms with Gasteiger partial charge in [0.15, 0.2) is 6.61 Å². The van der Waals surface area contributed by atoms with Crippen molar-refractivity contribution in [2.24, 2.45) is 0 Å². The molecule has 0 unspecified atom stereocenters. The molecule has 0 heterocycles. The Balaban J connectivity index is 1.96. The summed E-state index contributed by atoms with van der Waals surface area (Å²) in [4.78, 5) is 25.4. The predicted octanol–water partition coefficient (Wildman–Crippen LogP) is 2.03. The molecule has 0 aliphatic rings. The zero-order valence-electron chi connectivity index (χ0n) is 17.8. The number of amides is 2. The summed E-state index contributed by atoms with van der Waals surface area (Å²) in [6.45, 7) is 3.33. The highest BCUT2D eigenvalue weighted by atomic mass is 32.2. The summed E-state index contributed by atoms with van der Waals surface area (Å²) in [7, 11) is 0.866. The first-order chi connectivity index (χ1) is 14.0. The van der Waals surface area contributed by atoms with Crippen molar-refractivity contribution in [3.05, 3.63) is 53.6 Å². The maximum absolute atomic E-state index is 12.7. The standard InChI is InChI=1S/C21H27N3O5S/c1-15-6-11-19(12-16(15)2)30(27,28)24(5)13-20(25)22-17-7-9-18(10-8-17)29-14-21(26)23(3)4/h6-12H,13-14H2,1-5H3,(H,22,25). The molecule has 0 fully saturated rings. The van der Waals surface area contributed by atoms with Gasteiger partial charge < -0.3 is 15.0 Å². The molecule has 162 valence electrons. The van der Waals surface area contributed by atoms with Crippen LogP contribution in [0.4, 0.5) is 5.69 Å². The van der Waals surface area contributed by atoms with Crippen molar-refractivity contribution in [3.8, 4) is 5.75 Å². The van der Waals surface area contributed by atoms with Crippen molar-refractivity contribution in [2.75, 3.05) is 39.6 Å². The first-order valence-electron chi connectivity index (χ1n) is 9.27. The number of carbonyl (C=O) groups excluding carboxylic acids is 2. The predicted molar refractivity (Wildman–Crippen MR) is 115 cm³/mol. The van der Waals surface area contributed by atoms with Crippen LogP contribution in [0.3, 0.4) is 0 Å². The lowest BCUT2D eigenvalue weighted by Crippen LogP contribution is -2.35. The Hall–Kier alpha value is -2.91. The zero-order valence-corrected chi connectivity index (χ0v) is 18.6. The largest absolute Gasteiger partial charge is 0.484 e. The molecular formula is C21H27N3O5S. The average molecular weight is 434 g/mol. The summed E-state index contributed by atoms with van der Waals surface area (Å²) >= 11 is 0. The minimum atomic E-state index is -3.78. The van der Waals surface area contributed by atoms with Crippen LogP contribution in [0.15, 0.2) is 47.4 Å². The fraction of sp³-hybridized carbons (Fsp3) is 0.333. The number of aryl methyl sites for hydroxylation is 2. The zero-order chi connectivity index (χ0) is 22.5. The van der Waals surface area contributed by atoms with Crippen molar-refractivity contribution in [1.29, 1.82) is 0 Å². The van der Waals surface area contributed by atoms with Crippen LogP contribution in [-0.4, -0.2) is 63.7 Å². The number of benzene rings is 2. The second-order valence-corrected chi connectivity index (χ2v) is 9.20. The lowest BCUT2D eigenvalue weighted by Gasteiger charge is -2.17. The fourth-order valence-corrected chi connectivity index (χ4v) is 3.66. The van der Waals surface area contributed by atoms with E-state index in [4.69, 9.17) is 4.74 Å². The summed E-state index contributed by atoms with van der Waals surface area (Å²) in [6, 6.07) is 11.3. The molecule has 30 heavy (non-hydrogen) atoms. The van der Waals surface area contributed by atoms with Crippen LogP contribution < -0.4 is 10.1 Å². The number of sulfonamides is 1. The van der Waals surface area contributed by atoms with Crippen molar-refractivity contribution >= 4 is 27.5 Å². The minimum absolute atomic E-state index is 0.0835. The van der Waals surface area contributed by atoms with Gasteiger partial charge in [-0.2, -0.15) is 4.31 Å². The van der Waals surface area contributed by atoms with Gasteiger partial charge in [-0.05, 0) is 61.4 Å². The quantitative estimate of drug-likeness (QED) is 0.687. The number of rotatable bonds is 8. The minimum Gasteiger partial charge on any atom is -0.484 e. The van der Waals surface area contributed by atoms with Gasteiger partial charge in [0.05, 0.1) is 11.4 Å². The molecule has 8 nitrogen and oxygen atoms in total. The summed E-state index contributed by atoms with van der Waals surface area (Å²) in [5, 5.41) is 2.65. The third kappa shape index (κ3) is 6.04. The molecule has 2 rings (SSSR count). The summed E-state index contributed by atoms with van der Waals surface area (Å²) in [5.74, 6) is -0.153. The van der Waals surface area contributed by atoms with E-state index in [-0.39, 0.29) is 24.0 Å². The molecule has 2 aromatic carbocycles. The van der Waals surface area contributed by atoms with Gasteiger partial charge in [-0.25, -0.2) is 8.42 Å². The average Bonchev–Trinajstić information content (AvgIpc) is 2.68. The SMILES string of the molecule is Cc1ccc(S(=O)(=O)N(C)CC(=O)Nc2ccc(OCC(=O)N(C)C)cc2)cc1C. The summed E-state index contributed by atoms with van der Waals surface area (Å²) < 4.78 is 31.8. The molecule has 0 aromatic heterocycles. The lowest BCUT2D eigenvalue weighted by atomic mass is 10.1. The van der Waals surface area contributed by atoms with Crippen molar-refractivity contribution < 1.29 is 22.7 Å². The van der Waals surface area contributed by atoms with E-state index >= 15 is 0 Å². The van der Waals surface area contributed by atoms with Crippen LogP contribution in [0.1, 0.15) is 11.1 Å². The Morgan fingerprint density at radius 3 is 2.17 bits per heavy atom. The number of carbonyl (C=O) groups is 2. The number of anilines is 1. The fourth-order valence-electron chi connectivity index (χ4n) is 2.45. The number of nitrogens with one attached hydrogen (secondary N) is 1. The maximum Gasteiger partial charge on any atom is 0.259 e. The third-order valence-electron chi connectivity index (χ3n) is 4.55. The Bertz CT molecular complexity index is 1020. The molecule has 0 spiro atoms. The molecule has 9 heteroatoms. The monoisotopic (exact) mass is 433 g/mol. The number of hydrogen-bond acceptors (Lipinski definition) is 5.